The number of hydrogen-bond acceptors (Lipinski definition) is 4. The molecule has 0 radical (unpaired) electrons. The summed E-state index contributed by atoms with van der Waals surface area (Å²) in [6.45, 7) is 0. The van der Waals surface area contributed by atoms with Gasteiger partial charge in [-0.1, -0.05) is 6.07 Å². The van der Waals surface area contributed by atoms with Crippen molar-refractivity contribution in [2.45, 2.75) is 11.3 Å². The molecule has 3 N–H and O–H groups in total. The number of thiophene rings is 1. The molecule has 2 unspecified atom stereocenters. The fourth-order valence-corrected chi connectivity index (χ4v) is 1.93. The second-order valence-electron chi connectivity index (χ2n) is 2.32. The Morgan fingerprint density at radius 3 is 2.83 bits per heavy atom. The maximum absolute atomic E-state index is 10.5. The van der Waals surface area contributed by atoms with Gasteiger partial charge in [-0.05, 0) is 11.4 Å². The van der Waals surface area contributed by atoms with Gasteiger partial charge < -0.3 is 10.8 Å². The highest BCUT2D eigenvalue weighted by atomic mass is 32.1. The Labute approximate surface area is 79.6 Å². The zero-order chi connectivity index (χ0) is 9.14. The number of carbonyl (C=O) groups is 1. The van der Waals surface area contributed by atoms with Crippen LogP contribution in [0.4, 0.5) is 0 Å². The van der Waals surface area contributed by atoms with Crippen LogP contribution in [0.15, 0.2) is 17.5 Å². The standard InChI is InChI=1S/C7H9NO2S2/c8-5(7(9)10)6(11)4-2-1-3-12-4/h1-3,5-6,11H,8H2,(H,9,10). The van der Waals surface area contributed by atoms with Crippen molar-refractivity contribution in [3.05, 3.63) is 22.4 Å². The van der Waals surface area contributed by atoms with Crippen LogP contribution >= 0.6 is 24.0 Å². The lowest BCUT2D eigenvalue weighted by molar-refractivity contribution is -0.138. The van der Waals surface area contributed by atoms with E-state index in [9.17, 15) is 4.79 Å². The number of thiol groups is 1. The minimum Gasteiger partial charge on any atom is -0.480 e. The maximum Gasteiger partial charge on any atom is 0.322 e. The van der Waals surface area contributed by atoms with Crippen LogP contribution < -0.4 is 5.73 Å². The van der Waals surface area contributed by atoms with Crippen LogP contribution in [0.5, 0.6) is 0 Å². The summed E-state index contributed by atoms with van der Waals surface area (Å²) in [6, 6.07) is 2.73. The first-order chi connectivity index (χ1) is 5.63. The predicted molar refractivity (Wildman–Crippen MR) is 51.7 cm³/mol. The van der Waals surface area contributed by atoms with E-state index >= 15 is 0 Å². The van der Waals surface area contributed by atoms with E-state index in [1.165, 1.54) is 11.3 Å². The highest BCUT2D eigenvalue weighted by Gasteiger charge is 2.22. The van der Waals surface area contributed by atoms with Gasteiger partial charge in [0.15, 0.2) is 0 Å². The fourth-order valence-electron chi connectivity index (χ4n) is 0.772. The van der Waals surface area contributed by atoms with Gasteiger partial charge >= 0.3 is 5.97 Å². The highest BCUT2D eigenvalue weighted by molar-refractivity contribution is 7.80. The molecule has 0 fully saturated rings. The van der Waals surface area contributed by atoms with Gasteiger partial charge in [0.05, 0.1) is 5.25 Å². The van der Waals surface area contributed by atoms with Crippen molar-refractivity contribution in [2.24, 2.45) is 5.73 Å². The molecule has 2 atom stereocenters. The lowest BCUT2D eigenvalue weighted by atomic mass is 10.2. The Morgan fingerprint density at radius 1 is 1.75 bits per heavy atom. The maximum atomic E-state index is 10.5. The monoisotopic (exact) mass is 203 g/mol. The Balaban J connectivity index is 2.71. The van der Waals surface area contributed by atoms with Gasteiger partial charge in [0, 0.05) is 4.88 Å². The molecule has 0 aliphatic carbocycles. The van der Waals surface area contributed by atoms with Crippen molar-refractivity contribution in [1.29, 1.82) is 0 Å². The number of nitrogens with two attached hydrogens (primary N) is 1. The van der Waals surface area contributed by atoms with E-state index in [0.29, 0.717) is 0 Å². The molecule has 0 aromatic carbocycles. The molecular formula is C7H9NO2S2. The van der Waals surface area contributed by atoms with Gasteiger partial charge in [0.25, 0.3) is 0 Å². The van der Waals surface area contributed by atoms with Crippen molar-refractivity contribution in [2.75, 3.05) is 0 Å². The van der Waals surface area contributed by atoms with Crippen LogP contribution in [0, 0.1) is 0 Å². The summed E-state index contributed by atoms with van der Waals surface area (Å²) >= 11 is 5.58. The van der Waals surface area contributed by atoms with Gasteiger partial charge in [-0.25, -0.2) is 0 Å². The van der Waals surface area contributed by atoms with E-state index in [0.717, 1.165) is 4.88 Å². The zero-order valence-electron chi connectivity index (χ0n) is 6.18. The molecular weight excluding hydrogens is 194 g/mol. The number of aliphatic carboxylic acids is 1. The first-order valence-corrected chi connectivity index (χ1v) is 4.72. The highest BCUT2D eigenvalue weighted by Crippen LogP contribution is 2.26. The van der Waals surface area contributed by atoms with Crippen molar-refractivity contribution in [1.82, 2.24) is 0 Å². The van der Waals surface area contributed by atoms with Crippen LogP contribution in [0.3, 0.4) is 0 Å². The predicted octanol–water partition coefficient (Wildman–Crippen LogP) is 1.13. The summed E-state index contributed by atoms with van der Waals surface area (Å²) in [5, 5.41) is 10.0. The summed E-state index contributed by atoms with van der Waals surface area (Å²) in [7, 11) is 0. The van der Waals surface area contributed by atoms with Gasteiger partial charge in [0.1, 0.15) is 6.04 Å². The average molecular weight is 203 g/mol. The second-order valence-corrected chi connectivity index (χ2v) is 3.86. The quantitative estimate of drug-likeness (QED) is 0.645. The topological polar surface area (TPSA) is 63.3 Å². The van der Waals surface area contributed by atoms with E-state index in [2.05, 4.69) is 12.6 Å². The van der Waals surface area contributed by atoms with Crippen LogP contribution in [0.1, 0.15) is 10.1 Å². The molecule has 66 valence electrons. The summed E-state index contributed by atoms with van der Waals surface area (Å²) in [5.41, 5.74) is 5.38. The van der Waals surface area contributed by atoms with Gasteiger partial charge in [-0.2, -0.15) is 12.6 Å². The third-order valence-corrected chi connectivity index (χ3v) is 3.19. The van der Waals surface area contributed by atoms with Crippen molar-refractivity contribution < 1.29 is 9.90 Å². The number of carboxylic acid groups (broad SMARTS) is 1. The molecule has 0 amide bonds. The summed E-state index contributed by atoms with van der Waals surface area (Å²) < 4.78 is 0. The first kappa shape index (κ1) is 9.57. The Kier molecular flexibility index (Phi) is 3.13. The molecule has 1 rings (SSSR count). The Bertz CT molecular complexity index is 260. The lowest BCUT2D eigenvalue weighted by Gasteiger charge is -2.12. The number of hydrogen-bond donors (Lipinski definition) is 3. The van der Waals surface area contributed by atoms with E-state index in [-0.39, 0.29) is 0 Å². The second kappa shape index (κ2) is 3.93. The first-order valence-electron chi connectivity index (χ1n) is 3.33. The SMILES string of the molecule is NC(C(=O)O)C(S)c1cccs1. The molecule has 0 saturated carbocycles. The molecule has 1 aromatic rings. The number of carboxylic acids is 1. The molecule has 12 heavy (non-hydrogen) atoms. The molecule has 0 aliphatic heterocycles. The van der Waals surface area contributed by atoms with Gasteiger partial charge in [-0.15, -0.1) is 11.3 Å². The van der Waals surface area contributed by atoms with Crippen molar-refractivity contribution in [3.63, 3.8) is 0 Å². The normalized spacial score (nSPS) is 15.5. The average Bonchev–Trinajstić information content (AvgIpc) is 2.53. The zero-order valence-corrected chi connectivity index (χ0v) is 7.89. The van der Waals surface area contributed by atoms with E-state index in [1.54, 1.807) is 0 Å². The fraction of sp³-hybridized carbons (Fsp3) is 0.286. The third kappa shape index (κ3) is 2.00. The minimum atomic E-state index is -1.02. The molecule has 1 aromatic heterocycles. The smallest absolute Gasteiger partial charge is 0.322 e. The molecule has 0 bridgehead atoms. The van der Waals surface area contributed by atoms with E-state index < -0.39 is 17.3 Å². The third-order valence-electron chi connectivity index (χ3n) is 1.46. The van der Waals surface area contributed by atoms with E-state index in [4.69, 9.17) is 10.8 Å². The molecule has 0 saturated heterocycles. The summed E-state index contributed by atoms with van der Waals surface area (Å²) in [4.78, 5) is 11.3. The van der Waals surface area contributed by atoms with Gasteiger partial charge in [-0.3, -0.25) is 4.79 Å². The Hall–Kier alpha value is -0.520. The van der Waals surface area contributed by atoms with Crippen LogP contribution in [0.2, 0.25) is 0 Å². The lowest BCUT2D eigenvalue weighted by Crippen LogP contribution is -2.33. The molecule has 5 heteroatoms. The number of rotatable bonds is 3. The van der Waals surface area contributed by atoms with E-state index in [1.807, 2.05) is 17.5 Å². The molecule has 3 nitrogen and oxygen atoms in total. The summed E-state index contributed by atoms with van der Waals surface area (Å²) in [5.74, 6) is -1.02. The van der Waals surface area contributed by atoms with Crippen molar-refractivity contribution >= 4 is 29.9 Å². The van der Waals surface area contributed by atoms with Gasteiger partial charge in [0.2, 0.25) is 0 Å². The largest absolute Gasteiger partial charge is 0.480 e. The van der Waals surface area contributed by atoms with Crippen molar-refractivity contribution in [3.8, 4) is 0 Å². The summed E-state index contributed by atoms with van der Waals surface area (Å²) in [6.07, 6.45) is 0. The van der Waals surface area contributed by atoms with Crippen LogP contribution in [0.25, 0.3) is 0 Å². The van der Waals surface area contributed by atoms with Crippen LogP contribution in [-0.4, -0.2) is 17.1 Å². The Morgan fingerprint density at radius 2 is 2.42 bits per heavy atom. The molecule has 0 aliphatic rings. The molecule has 0 spiro atoms. The van der Waals surface area contributed by atoms with Crippen LogP contribution in [-0.2, 0) is 4.79 Å². The molecule has 1 heterocycles. The minimum absolute atomic E-state index is 0.414.